The number of anilines is 3. The number of ether oxygens (including phenoxy) is 1. The second-order valence-electron chi connectivity index (χ2n) is 6.99. The van der Waals surface area contributed by atoms with Crippen LogP contribution in [0.3, 0.4) is 0 Å². The van der Waals surface area contributed by atoms with Gasteiger partial charge in [0.2, 0.25) is 5.91 Å². The molecule has 0 bridgehead atoms. The zero-order valence-corrected chi connectivity index (χ0v) is 16.6. The highest BCUT2D eigenvalue weighted by molar-refractivity contribution is 6.07. The van der Waals surface area contributed by atoms with E-state index in [0.717, 1.165) is 11.1 Å². The second kappa shape index (κ2) is 8.75. The van der Waals surface area contributed by atoms with Crippen LogP contribution in [0, 0.1) is 0 Å². The van der Waals surface area contributed by atoms with Crippen LogP contribution in [0.1, 0.15) is 21.5 Å². The molecule has 0 spiro atoms. The van der Waals surface area contributed by atoms with E-state index in [4.69, 9.17) is 4.74 Å². The molecule has 0 radical (unpaired) electrons. The summed E-state index contributed by atoms with van der Waals surface area (Å²) in [5.74, 6) is 0.230. The lowest BCUT2D eigenvalue weighted by Crippen LogP contribution is -2.40. The fourth-order valence-corrected chi connectivity index (χ4v) is 3.30. The highest BCUT2D eigenvalue weighted by atomic mass is 16.5. The third-order valence-electron chi connectivity index (χ3n) is 4.83. The van der Waals surface area contributed by atoms with Crippen molar-refractivity contribution in [3.8, 4) is 0 Å². The maximum atomic E-state index is 12.8. The van der Waals surface area contributed by atoms with Gasteiger partial charge in [0.15, 0.2) is 5.82 Å². The molecule has 1 aromatic heterocycles. The predicted molar refractivity (Wildman–Crippen MR) is 115 cm³/mol. The molecule has 0 saturated carbocycles. The number of methoxy groups -OCH3 is 1. The van der Waals surface area contributed by atoms with Gasteiger partial charge in [-0.2, -0.15) is 0 Å². The van der Waals surface area contributed by atoms with Crippen LogP contribution >= 0.6 is 0 Å². The SMILES string of the molecule is COCc1ccc(NC(=O)c2cnc3c(c2)N(Cc2ccccc2)C(=O)CN3)cc1. The molecule has 2 heterocycles. The predicted octanol–water partition coefficient (Wildman–Crippen LogP) is 3.44. The fraction of sp³-hybridized carbons (Fsp3) is 0.174. The van der Waals surface area contributed by atoms with Crippen molar-refractivity contribution in [1.29, 1.82) is 0 Å². The van der Waals surface area contributed by atoms with Crippen molar-refractivity contribution in [2.75, 3.05) is 29.2 Å². The Morgan fingerprint density at radius 3 is 2.63 bits per heavy atom. The van der Waals surface area contributed by atoms with E-state index in [1.807, 2.05) is 54.6 Å². The first-order chi connectivity index (χ1) is 14.6. The molecule has 1 aliphatic rings. The number of amides is 2. The van der Waals surface area contributed by atoms with Gasteiger partial charge in [-0.3, -0.25) is 9.59 Å². The largest absolute Gasteiger partial charge is 0.380 e. The Hall–Kier alpha value is -3.71. The topological polar surface area (TPSA) is 83.6 Å². The molecule has 0 unspecified atom stereocenters. The minimum absolute atomic E-state index is 0.0700. The highest BCUT2D eigenvalue weighted by Gasteiger charge is 2.26. The van der Waals surface area contributed by atoms with E-state index >= 15 is 0 Å². The molecule has 4 rings (SSSR count). The quantitative estimate of drug-likeness (QED) is 0.660. The number of benzene rings is 2. The first-order valence-corrected chi connectivity index (χ1v) is 9.61. The van der Waals surface area contributed by atoms with Crippen LogP contribution in [0.5, 0.6) is 0 Å². The molecule has 0 fully saturated rings. The first-order valence-electron chi connectivity index (χ1n) is 9.61. The van der Waals surface area contributed by atoms with Crippen molar-refractivity contribution in [2.45, 2.75) is 13.2 Å². The Balaban J connectivity index is 1.55. The van der Waals surface area contributed by atoms with Crippen molar-refractivity contribution in [2.24, 2.45) is 0 Å². The van der Waals surface area contributed by atoms with E-state index in [1.165, 1.54) is 6.20 Å². The van der Waals surface area contributed by atoms with Crippen LogP contribution in [-0.2, 0) is 22.7 Å². The van der Waals surface area contributed by atoms with Crippen molar-refractivity contribution in [3.05, 3.63) is 83.6 Å². The van der Waals surface area contributed by atoms with Gasteiger partial charge in [0.1, 0.15) is 0 Å². The molecular formula is C23H22N4O3. The number of nitrogens with one attached hydrogen (secondary N) is 2. The number of fused-ring (bicyclic) bond motifs is 1. The van der Waals surface area contributed by atoms with Crippen molar-refractivity contribution in [3.63, 3.8) is 0 Å². The second-order valence-corrected chi connectivity index (χ2v) is 6.99. The standard InChI is InChI=1S/C23H22N4O3/c1-30-15-17-7-9-19(10-8-17)26-23(29)18-11-20-22(24-12-18)25-13-21(28)27(20)14-16-5-3-2-4-6-16/h2-12H,13-15H2,1H3,(H,24,25)(H,26,29). The molecule has 30 heavy (non-hydrogen) atoms. The molecule has 2 aromatic carbocycles. The molecule has 0 aliphatic carbocycles. The fourth-order valence-electron chi connectivity index (χ4n) is 3.30. The van der Waals surface area contributed by atoms with E-state index in [9.17, 15) is 9.59 Å². The zero-order valence-electron chi connectivity index (χ0n) is 16.6. The molecule has 152 valence electrons. The van der Waals surface area contributed by atoms with Crippen LogP contribution in [0.25, 0.3) is 0 Å². The minimum Gasteiger partial charge on any atom is -0.380 e. The normalized spacial score (nSPS) is 12.8. The summed E-state index contributed by atoms with van der Waals surface area (Å²) >= 11 is 0. The summed E-state index contributed by atoms with van der Waals surface area (Å²) in [7, 11) is 1.64. The Morgan fingerprint density at radius 1 is 1.13 bits per heavy atom. The third kappa shape index (κ3) is 4.31. The molecule has 0 atom stereocenters. The van der Waals surface area contributed by atoms with E-state index < -0.39 is 0 Å². The van der Waals surface area contributed by atoms with Crippen molar-refractivity contribution < 1.29 is 14.3 Å². The number of nitrogens with zero attached hydrogens (tertiary/aromatic N) is 2. The average Bonchev–Trinajstić information content (AvgIpc) is 2.77. The zero-order chi connectivity index (χ0) is 20.9. The van der Waals surface area contributed by atoms with Gasteiger partial charge >= 0.3 is 0 Å². The Bertz CT molecular complexity index is 1050. The van der Waals surface area contributed by atoms with Crippen LogP contribution < -0.4 is 15.5 Å². The van der Waals surface area contributed by atoms with E-state index in [2.05, 4.69) is 15.6 Å². The number of carbonyl (C=O) groups is 2. The summed E-state index contributed by atoms with van der Waals surface area (Å²) < 4.78 is 5.10. The summed E-state index contributed by atoms with van der Waals surface area (Å²) in [6, 6.07) is 18.9. The van der Waals surface area contributed by atoms with Crippen molar-refractivity contribution >= 4 is 29.0 Å². The number of rotatable bonds is 6. The van der Waals surface area contributed by atoms with E-state index in [-0.39, 0.29) is 18.4 Å². The smallest absolute Gasteiger partial charge is 0.257 e. The molecule has 3 aromatic rings. The molecule has 2 amide bonds. The maximum absolute atomic E-state index is 12.8. The van der Waals surface area contributed by atoms with Crippen molar-refractivity contribution in [1.82, 2.24) is 4.98 Å². The first kappa shape index (κ1) is 19.6. The molecule has 7 nitrogen and oxygen atoms in total. The summed E-state index contributed by atoms with van der Waals surface area (Å²) in [4.78, 5) is 31.3. The highest BCUT2D eigenvalue weighted by Crippen LogP contribution is 2.30. The van der Waals surface area contributed by atoms with Crippen LogP contribution in [0.15, 0.2) is 66.9 Å². The van der Waals surface area contributed by atoms with E-state index in [1.54, 1.807) is 18.1 Å². The van der Waals surface area contributed by atoms with Gasteiger partial charge in [-0.25, -0.2) is 4.98 Å². The number of hydrogen-bond acceptors (Lipinski definition) is 5. The van der Waals surface area contributed by atoms with Gasteiger partial charge in [-0.1, -0.05) is 42.5 Å². The molecular weight excluding hydrogens is 380 g/mol. The van der Waals surface area contributed by atoms with Gasteiger partial charge in [0.05, 0.1) is 30.9 Å². The van der Waals surface area contributed by atoms with Gasteiger partial charge in [0.25, 0.3) is 5.91 Å². The summed E-state index contributed by atoms with van der Waals surface area (Å²) in [5, 5.41) is 5.88. The van der Waals surface area contributed by atoms with E-state index in [0.29, 0.717) is 35.9 Å². The number of pyridine rings is 1. The lowest BCUT2D eigenvalue weighted by Gasteiger charge is -2.29. The Morgan fingerprint density at radius 2 is 1.90 bits per heavy atom. The minimum atomic E-state index is -0.289. The Labute approximate surface area is 174 Å². The van der Waals surface area contributed by atoms with Crippen LogP contribution in [-0.4, -0.2) is 30.5 Å². The summed E-state index contributed by atoms with van der Waals surface area (Å²) in [5.41, 5.74) is 3.67. The summed E-state index contributed by atoms with van der Waals surface area (Å²) in [6.07, 6.45) is 1.51. The molecule has 1 aliphatic heterocycles. The third-order valence-corrected chi connectivity index (χ3v) is 4.83. The molecule has 7 heteroatoms. The van der Waals surface area contributed by atoms with Gasteiger partial charge in [-0.05, 0) is 29.3 Å². The Kier molecular flexibility index (Phi) is 5.72. The number of hydrogen-bond donors (Lipinski definition) is 2. The van der Waals surface area contributed by atoms with Gasteiger partial charge < -0.3 is 20.3 Å². The number of carbonyl (C=O) groups excluding carboxylic acids is 2. The lowest BCUT2D eigenvalue weighted by molar-refractivity contribution is -0.117. The number of aromatic nitrogens is 1. The lowest BCUT2D eigenvalue weighted by atomic mass is 10.1. The maximum Gasteiger partial charge on any atom is 0.257 e. The van der Waals surface area contributed by atoms with Crippen LogP contribution in [0.4, 0.5) is 17.2 Å². The monoisotopic (exact) mass is 402 g/mol. The van der Waals surface area contributed by atoms with Crippen LogP contribution in [0.2, 0.25) is 0 Å². The summed E-state index contributed by atoms with van der Waals surface area (Å²) in [6.45, 7) is 1.11. The molecule has 0 saturated heterocycles. The molecule has 2 N–H and O–H groups in total. The average molecular weight is 402 g/mol. The van der Waals surface area contributed by atoms with Gasteiger partial charge in [-0.15, -0.1) is 0 Å². The van der Waals surface area contributed by atoms with Gasteiger partial charge in [0, 0.05) is 19.0 Å².